The number of alkyl halides is 1. The Morgan fingerprint density at radius 1 is 1.44 bits per heavy atom. The molecule has 18 heavy (non-hydrogen) atoms. The van der Waals surface area contributed by atoms with Gasteiger partial charge in [0.15, 0.2) is 0 Å². The maximum absolute atomic E-state index is 10.5. The molecule has 0 aromatic heterocycles. The van der Waals surface area contributed by atoms with Gasteiger partial charge in [-0.15, -0.1) is 0 Å². The topological polar surface area (TPSA) is 46.5 Å². The molecule has 0 saturated heterocycles. The van der Waals surface area contributed by atoms with Gasteiger partial charge < -0.3 is 9.84 Å². The van der Waals surface area contributed by atoms with Crippen LogP contribution in [0.1, 0.15) is 17.5 Å². The molecular formula is C14H15BrO3. The molecule has 0 amide bonds. The van der Waals surface area contributed by atoms with E-state index < -0.39 is 5.97 Å². The van der Waals surface area contributed by atoms with Gasteiger partial charge in [0, 0.05) is 17.0 Å². The molecule has 0 spiro atoms. The number of carboxylic acid groups (broad SMARTS) is 1. The Balaban J connectivity index is 2.98. The predicted molar refractivity (Wildman–Crippen MR) is 77.1 cm³/mol. The summed E-state index contributed by atoms with van der Waals surface area (Å²) in [4.78, 5) is 10.5. The SMILES string of the molecule is COc1ccc(C=CCCBr)cc1/C=C/C(=O)O. The predicted octanol–water partition coefficient (Wildman–Crippen LogP) is 3.59. The zero-order valence-electron chi connectivity index (χ0n) is 10.1. The third-order valence-electron chi connectivity index (χ3n) is 2.25. The minimum atomic E-state index is -0.975. The third kappa shape index (κ3) is 4.75. The summed E-state index contributed by atoms with van der Waals surface area (Å²) in [7, 11) is 1.56. The molecule has 0 heterocycles. The monoisotopic (exact) mass is 310 g/mol. The highest BCUT2D eigenvalue weighted by Crippen LogP contribution is 2.22. The van der Waals surface area contributed by atoms with Gasteiger partial charge in [-0.2, -0.15) is 0 Å². The lowest BCUT2D eigenvalue weighted by molar-refractivity contribution is -0.131. The van der Waals surface area contributed by atoms with E-state index in [0.29, 0.717) is 5.75 Å². The van der Waals surface area contributed by atoms with E-state index in [1.165, 1.54) is 6.08 Å². The van der Waals surface area contributed by atoms with Crippen LogP contribution in [-0.4, -0.2) is 23.5 Å². The molecule has 0 saturated carbocycles. The van der Waals surface area contributed by atoms with Crippen LogP contribution in [0.3, 0.4) is 0 Å². The van der Waals surface area contributed by atoms with Crippen LogP contribution in [0.2, 0.25) is 0 Å². The van der Waals surface area contributed by atoms with Gasteiger partial charge in [-0.05, 0) is 30.2 Å². The van der Waals surface area contributed by atoms with E-state index in [9.17, 15) is 4.79 Å². The van der Waals surface area contributed by atoms with Gasteiger partial charge in [-0.25, -0.2) is 4.79 Å². The number of benzene rings is 1. The lowest BCUT2D eigenvalue weighted by Gasteiger charge is -2.05. The standard InChI is InChI=1S/C14H15BrO3/c1-18-13-7-5-11(4-2-3-9-15)10-12(13)6-8-14(16)17/h2,4-8,10H,3,9H2,1H3,(H,16,17)/b4-2?,8-6+. The number of rotatable bonds is 6. The highest BCUT2D eigenvalue weighted by atomic mass is 79.9. The number of methoxy groups -OCH3 is 1. The maximum Gasteiger partial charge on any atom is 0.328 e. The van der Waals surface area contributed by atoms with Gasteiger partial charge in [-0.3, -0.25) is 0 Å². The Kier molecular flexibility index (Phi) is 6.22. The first-order valence-electron chi connectivity index (χ1n) is 5.49. The van der Waals surface area contributed by atoms with Crippen LogP contribution in [0.25, 0.3) is 12.2 Å². The van der Waals surface area contributed by atoms with Crippen molar-refractivity contribution in [2.75, 3.05) is 12.4 Å². The number of hydrogen-bond donors (Lipinski definition) is 1. The molecule has 0 aliphatic rings. The van der Waals surface area contributed by atoms with E-state index in [1.54, 1.807) is 7.11 Å². The van der Waals surface area contributed by atoms with Crippen LogP contribution in [-0.2, 0) is 4.79 Å². The number of carbonyl (C=O) groups is 1. The van der Waals surface area contributed by atoms with Crippen LogP contribution < -0.4 is 4.74 Å². The van der Waals surface area contributed by atoms with Gasteiger partial charge >= 0.3 is 5.97 Å². The minimum Gasteiger partial charge on any atom is -0.496 e. The molecule has 0 fully saturated rings. The number of carboxylic acids is 1. The lowest BCUT2D eigenvalue weighted by atomic mass is 10.1. The van der Waals surface area contributed by atoms with E-state index in [1.807, 2.05) is 24.3 Å². The van der Waals surface area contributed by atoms with Crippen LogP contribution in [0, 0.1) is 0 Å². The number of allylic oxidation sites excluding steroid dienone is 1. The first-order chi connectivity index (χ1) is 8.67. The van der Waals surface area contributed by atoms with Gasteiger partial charge in [-0.1, -0.05) is 34.1 Å². The Labute approximate surface area is 115 Å². The van der Waals surface area contributed by atoms with Crippen LogP contribution in [0.5, 0.6) is 5.75 Å². The molecule has 0 unspecified atom stereocenters. The summed E-state index contributed by atoms with van der Waals surface area (Å²) in [6.45, 7) is 0. The number of halogens is 1. The summed E-state index contributed by atoms with van der Waals surface area (Å²) < 4.78 is 5.18. The Morgan fingerprint density at radius 2 is 2.22 bits per heavy atom. The summed E-state index contributed by atoms with van der Waals surface area (Å²) in [5.41, 5.74) is 1.77. The summed E-state index contributed by atoms with van der Waals surface area (Å²) in [5.74, 6) is -0.317. The zero-order valence-corrected chi connectivity index (χ0v) is 11.7. The molecule has 0 bridgehead atoms. The summed E-state index contributed by atoms with van der Waals surface area (Å²) in [5, 5.41) is 9.56. The molecule has 0 radical (unpaired) electrons. The van der Waals surface area contributed by atoms with E-state index in [-0.39, 0.29) is 0 Å². The van der Waals surface area contributed by atoms with Gasteiger partial charge in [0.1, 0.15) is 5.75 Å². The highest BCUT2D eigenvalue weighted by Gasteiger charge is 2.00. The van der Waals surface area contributed by atoms with Crippen LogP contribution in [0.15, 0.2) is 30.4 Å². The third-order valence-corrected chi connectivity index (χ3v) is 2.70. The van der Waals surface area contributed by atoms with Gasteiger partial charge in [0.25, 0.3) is 0 Å². The largest absolute Gasteiger partial charge is 0.496 e. The normalized spacial score (nSPS) is 11.2. The van der Waals surface area contributed by atoms with Crippen LogP contribution >= 0.6 is 15.9 Å². The molecule has 0 aliphatic carbocycles. The van der Waals surface area contributed by atoms with Gasteiger partial charge in [0.2, 0.25) is 0 Å². The first kappa shape index (κ1) is 14.5. The van der Waals surface area contributed by atoms with Crippen molar-refractivity contribution in [3.8, 4) is 5.75 Å². The van der Waals surface area contributed by atoms with Crippen molar-refractivity contribution >= 4 is 34.1 Å². The Morgan fingerprint density at radius 3 is 2.83 bits per heavy atom. The first-order valence-corrected chi connectivity index (χ1v) is 6.61. The molecule has 1 aromatic carbocycles. The number of hydrogen-bond acceptors (Lipinski definition) is 2. The van der Waals surface area contributed by atoms with Crippen molar-refractivity contribution < 1.29 is 14.6 Å². The van der Waals surface area contributed by atoms with Crippen LogP contribution in [0.4, 0.5) is 0 Å². The molecule has 4 heteroatoms. The van der Waals surface area contributed by atoms with Crippen molar-refractivity contribution in [2.24, 2.45) is 0 Å². The minimum absolute atomic E-state index is 0.658. The average Bonchev–Trinajstić information content (AvgIpc) is 2.37. The van der Waals surface area contributed by atoms with Crippen molar-refractivity contribution in [1.82, 2.24) is 0 Å². The summed E-state index contributed by atoms with van der Waals surface area (Å²) >= 11 is 3.35. The second-order valence-electron chi connectivity index (χ2n) is 3.55. The van der Waals surface area contributed by atoms with Crippen molar-refractivity contribution in [3.05, 3.63) is 41.5 Å². The fraction of sp³-hybridized carbons (Fsp3) is 0.214. The second kappa shape index (κ2) is 7.71. The van der Waals surface area contributed by atoms with Crippen molar-refractivity contribution in [2.45, 2.75) is 6.42 Å². The Bertz CT molecular complexity index is 464. The second-order valence-corrected chi connectivity index (χ2v) is 4.35. The van der Waals surface area contributed by atoms with Crippen molar-refractivity contribution in [1.29, 1.82) is 0 Å². The van der Waals surface area contributed by atoms with E-state index in [4.69, 9.17) is 9.84 Å². The van der Waals surface area contributed by atoms with E-state index in [2.05, 4.69) is 22.0 Å². The quantitative estimate of drug-likeness (QED) is 0.645. The fourth-order valence-electron chi connectivity index (χ4n) is 1.43. The lowest BCUT2D eigenvalue weighted by Crippen LogP contribution is -1.90. The molecular weight excluding hydrogens is 296 g/mol. The Hall–Kier alpha value is -1.55. The molecule has 1 N–H and O–H groups in total. The van der Waals surface area contributed by atoms with Crippen molar-refractivity contribution in [3.63, 3.8) is 0 Å². The fourth-order valence-corrected chi connectivity index (χ4v) is 1.69. The molecule has 1 rings (SSSR count). The zero-order chi connectivity index (χ0) is 13.4. The summed E-state index contributed by atoms with van der Waals surface area (Å²) in [6, 6.07) is 5.65. The van der Waals surface area contributed by atoms with Gasteiger partial charge in [0.05, 0.1) is 7.11 Å². The van der Waals surface area contributed by atoms with E-state index in [0.717, 1.165) is 29.0 Å². The highest BCUT2D eigenvalue weighted by molar-refractivity contribution is 9.09. The summed E-state index contributed by atoms with van der Waals surface area (Å²) in [6.07, 6.45) is 7.64. The average molecular weight is 311 g/mol. The number of ether oxygens (including phenoxy) is 1. The smallest absolute Gasteiger partial charge is 0.328 e. The van der Waals surface area contributed by atoms with E-state index >= 15 is 0 Å². The maximum atomic E-state index is 10.5. The number of aliphatic carboxylic acids is 1. The molecule has 1 aromatic rings. The molecule has 0 aliphatic heterocycles. The molecule has 3 nitrogen and oxygen atoms in total. The molecule has 0 atom stereocenters. The molecule has 96 valence electrons.